The first-order valence-electron chi connectivity index (χ1n) is 8.56. The first-order valence-corrected chi connectivity index (χ1v) is 10.6. The van der Waals surface area contributed by atoms with E-state index in [0.29, 0.717) is 38.6 Å². The van der Waals surface area contributed by atoms with E-state index in [4.69, 9.17) is 21.7 Å². The molecule has 10 heteroatoms. The number of benzene rings is 1. The van der Waals surface area contributed by atoms with Crippen LogP contribution in [0.2, 0.25) is 4.34 Å². The van der Waals surface area contributed by atoms with Crippen molar-refractivity contribution < 1.29 is 14.3 Å². The van der Waals surface area contributed by atoms with Crippen LogP contribution in [0.3, 0.4) is 0 Å². The lowest BCUT2D eigenvalue weighted by Gasteiger charge is -2.15. The Morgan fingerprint density at radius 2 is 1.83 bits per heavy atom. The molecule has 3 aromatic rings. The van der Waals surface area contributed by atoms with Gasteiger partial charge in [0.05, 0.1) is 21.4 Å². The fraction of sp³-hybridized carbons (Fsp3) is 0.150. The van der Waals surface area contributed by atoms with Gasteiger partial charge in [0.15, 0.2) is 0 Å². The number of rotatable bonds is 5. The van der Waals surface area contributed by atoms with Crippen LogP contribution in [0.5, 0.6) is 0 Å². The highest BCUT2D eigenvalue weighted by Crippen LogP contribution is 2.27. The summed E-state index contributed by atoms with van der Waals surface area (Å²) in [6, 6.07) is 12.3. The zero-order valence-electron chi connectivity index (χ0n) is 14.9. The second-order valence-electron chi connectivity index (χ2n) is 6.03. The van der Waals surface area contributed by atoms with E-state index in [2.05, 4.69) is 10.6 Å². The number of amidine groups is 1. The van der Waals surface area contributed by atoms with Gasteiger partial charge < -0.3 is 15.4 Å². The summed E-state index contributed by atoms with van der Waals surface area (Å²) in [6.45, 7) is 1.11. The van der Waals surface area contributed by atoms with Crippen molar-refractivity contribution in [2.24, 2.45) is 0 Å². The summed E-state index contributed by atoms with van der Waals surface area (Å²) in [4.78, 5) is 27.6. The summed E-state index contributed by atoms with van der Waals surface area (Å²) in [5.41, 5.74) is 1.88. The molecule has 7 nitrogen and oxygen atoms in total. The third-order valence-corrected chi connectivity index (χ3v) is 6.30. The first-order chi connectivity index (χ1) is 14.0. The topological polar surface area (TPSA) is 94.5 Å². The SMILES string of the molecule is C.N=C1OCCN1c1ccc(NC(=O)c2sccc2NC(=O)c2ccc(Cl)s2)cc1. The van der Waals surface area contributed by atoms with Gasteiger partial charge in [0.2, 0.25) is 0 Å². The van der Waals surface area contributed by atoms with E-state index < -0.39 is 0 Å². The van der Waals surface area contributed by atoms with Crippen molar-refractivity contribution in [1.29, 1.82) is 5.41 Å². The van der Waals surface area contributed by atoms with Gasteiger partial charge in [0.1, 0.15) is 11.5 Å². The van der Waals surface area contributed by atoms with E-state index in [1.54, 1.807) is 40.6 Å². The molecule has 0 aliphatic carbocycles. The molecule has 4 rings (SSSR count). The Kier molecular flexibility index (Phi) is 6.76. The second-order valence-corrected chi connectivity index (χ2v) is 8.66. The minimum absolute atomic E-state index is 0. The molecule has 0 atom stereocenters. The van der Waals surface area contributed by atoms with E-state index in [1.165, 1.54) is 22.7 Å². The Hall–Kier alpha value is -2.88. The molecule has 0 saturated carbocycles. The Balaban J connectivity index is 0.00000256. The number of anilines is 3. The molecule has 2 aromatic heterocycles. The summed E-state index contributed by atoms with van der Waals surface area (Å²) < 4.78 is 5.67. The smallest absolute Gasteiger partial charge is 0.289 e. The summed E-state index contributed by atoms with van der Waals surface area (Å²) in [7, 11) is 0. The van der Waals surface area contributed by atoms with E-state index >= 15 is 0 Å². The molecule has 0 unspecified atom stereocenters. The summed E-state index contributed by atoms with van der Waals surface area (Å²) in [5.74, 6) is -0.626. The van der Waals surface area contributed by atoms with E-state index in [9.17, 15) is 9.59 Å². The molecule has 1 fully saturated rings. The van der Waals surface area contributed by atoms with Crippen LogP contribution in [0, 0.1) is 5.41 Å². The van der Waals surface area contributed by atoms with Crippen LogP contribution in [-0.2, 0) is 4.74 Å². The second kappa shape index (κ2) is 9.29. The maximum atomic E-state index is 12.7. The molecule has 1 saturated heterocycles. The average molecular weight is 463 g/mol. The van der Waals surface area contributed by atoms with Crippen LogP contribution < -0.4 is 15.5 Å². The number of carbonyl (C=O) groups excluding carboxylic acids is 2. The summed E-state index contributed by atoms with van der Waals surface area (Å²) >= 11 is 8.29. The van der Waals surface area contributed by atoms with Crippen LogP contribution in [0.4, 0.5) is 17.1 Å². The molecular formula is C20H19ClN4O3S2. The highest BCUT2D eigenvalue weighted by molar-refractivity contribution is 7.18. The number of thiophene rings is 2. The lowest BCUT2D eigenvalue weighted by molar-refractivity contribution is 0.103. The quantitative estimate of drug-likeness (QED) is 0.474. The molecule has 0 radical (unpaired) electrons. The Morgan fingerprint density at radius 1 is 1.07 bits per heavy atom. The molecule has 156 valence electrons. The number of nitrogens with zero attached hydrogens (tertiary/aromatic N) is 1. The molecule has 1 aliphatic heterocycles. The average Bonchev–Trinajstić information content (AvgIpc) is 3.44. The number of hydrogen-bond donors (Lipinski definition) is 3. The van der Waals surface area contributed by atoms with Gasteiger partial charge in [0, 0.05) is 11.4 Å². The number of halogens is 1. The minimum Gasteiger partial charge on any atom is -0.463 e. The Morgan fingerprint density at radius 3 is 2.47 bits per heavy atom. The molecule has 2 amide bonds. The molecule has 3 heterocycles. The fourth-order valence-electron chi connectivity index (χ4n) is 2.78. The van der Waals surface area contributed by atoms with Crippen LogP contribution in [0.15, 0.2) is 47.8 Å². The molecule has 0 spiro atoms. The van der Waals surface area contributed by atoms with Crippen molar-refractivity contribution in [2.45, 2.75) is 7.43 Å². The molecular weight excluding hydrogens is 444 g/mol. The minimum atomic E-state index is -0.315. The van der Waals surface area contributed by atoms with Gasteiger partial charge in [-0.2, -0.15) is 0 Å². The van der Waals surface area contributed by atoms with Gasteiger partial charge >= 0.3 is 0 Å². The molecule has 30 heavy (non-hydrogen) atoms. The van der Waals surface area contributed by atoms with Crippen molar-refractivity contribution in [2.75, 3.05) is 28.7 Å². The number of ether oxygens (including phenoxy) is 1. The number of amides is 2. The van der Waals surface area contributed by atoms with Crippen molar-refractivity contribution in [1.82, 2.24) is 0 Å². The predicted octanol–water partition coefficient (Wildman–Crippen LogP) is 5.38. The third-order valence-electron chi connectivity index (χ3n) is 4.15. The van der Waals surface area contributed by atoms with Gasteiger partial charge in [-0.1, -0.05) is 19.0 Å². The van der Waals surface area contributed by atoms with Crippen LogP contribution in [0.25, 0.3) is 0 Å². The molecule has 0 bridgehead atoms. The highest BCUT2D eigenvalue weighted by atomic mass is 35.5. The van der Waals surface area contributed by atoms with E-state index in [1.807, 2.05) is 12.1 Å². The van der Waals surface area contributed by atoms with Crippen molar-refractivity contribution in [3.05, 3.63) is 61.9 Å². The molecule has 1 aliphatic rings. The van der Waals surface area contributed by atoms with E-state index in [0.717, 1.165) is 5.69 Å². The predicted molar refractivity (Wildman–Crippen MR) is 124 cm³/mol. The normalized spacial score (nSPS) is 12.8. The largest absolute Gasteiger partial charge is 0.463 e. The highest BCUT2D eigenvalue weighted by Gasteiger charge is 2.20. The van der Waals surface area contributed by atoms with Crippen molar-refractivity contribution >= 4 is 69.2 Å². The number of nitrogens with one attached hydrogen (secondary N) is 3. The van der Waals surface area contributed by atoms with Gasteiger partial charge in [-0.3, -0.25) is 19.9 Å². The Bertz CT molecular complexity index is 1080. The Labute approximate surface area is 186 Å². The summed E-state index contributed by atoms with van der Waals surface area (Å²) in [5, 5.41) is 15.1. The zero-order chi connectivity index (χ0) is 20.4. The van der Waals surface area contributed by atoms with Gasteiger partial charge in [-0.25, -0.2) is 0 Å². The maximum Gasteiger partial charge on any atom is 0.289 e. The molecule has 3 N–H and O–H groups in total. The number of carbonyl (C=O) groups is 2. The first kappa shape index (κ1) is 21.8. The van der Waals surface area contributed by atoms with Crippen molar-refractivity contribution in [3.63, 3.8) is 0 Å². The van der Waals surface area contributed by atoms with Gasteiger partial charge in [-0.05, 0) is 47.8 Å². The monoisotopic (exact) mass is 462 g/mol. The van der Waals surface area contributed by atoms with Gasteiger partial charge in [0.25, 0.3) is 17.8 Å². The van der Waals surface area contributed by atoms with Gasteiger partial charge in [-0.15, -0.1) is 22.7 Å². The van der Waals surface area contributed by atoms with Crippen LogP contribution in [-0.4, -0.2) is 31.0 Å². The summed E-state index contributed by atoms with van der Waals surface area (Å²) in [6.07, 6.45) is 0. The third kappa shape index (κ3) is 4.64. The maximum absolute atomic E-state index is 12.7. The lowest BCUT2D eigenvalue weighted by atomic mass is 10.2. The van der Waals surface area contributed by atoms with E-state index in [-0.39, 0.29) is 25.3 Å². The van der Waals surface area contributed by atoms with Crippen LogP contribution >= 0.6 is 34.3 Å². The molecule has 1 aromatic carbocycles. The standard InChI is InChI=1S/C19H15ClN4O3S2.CH4/c20-15-6-5-14(29-15)17(25)23-13-7-10-28-16(13)18(26)22-11-1-3-12(4-2-11)24-8-9-27-19(24)21;/h1-7,10,21H,8-9H2,(H,22,26)(H,23,25);1H4. The fourth-order valence-corrected chi connectivity index (χ4v) is 4.46. The zero-order valence-corrected chi connectivity index (χ0v) is 17.3. The van der Waals surface area contributed by atoms with Crippen molar-refractivity contribution in [3.8, 4) is 0 Å². The lowest BCUT2D eigenvalue weighted by Crippen LogP contribution is -2.23. The van der Waals surface area contributed by atoms with Crippen LogP contribution in [0.1, 0.15) is 26.8 Å². The number of hydrogen-bond acceptors (Lipinski definition) is 6.